The molecule has 0 aliphatic carbocycles. The molecular weight excluding hydrogens is 456 g/mol. The standard InChI is InChI=1S/C20H22N4O6S2/c1-11-7-13(3)17(14(4)8-11)31(27,28)20-21-19(24(25)26)22-23(20)32(29,30)18-15(5)9-12(2)10-16(18)6/h7-10H,1-6H3. The van der Waals surface area contributed by atoms with E-state index in [1.807, 2.05) is 0 Å². The summed E-state index contributed by atoms with van der Waals surface area (Å²) in [7, 11) is -9.21. The van der Waals surface area contributed by atoms with Crippen molar-refractivity contribution in [3.8, 4) is 0 Å². The van der Waals surface area contributed by atoms with Gasteiger partial charge in [0, 0.05) is 5.10 Å². The molecule has 0 radical (unpaired) electrons. The van der Waals surface area contributed by atoms with E-state index in [2.05, 4.69) is 10.1 Å². The topological polar surface area (TPSA) is 142 Å². The van der Waals surface area contributed by atoms with Crippen LogP contribution in [-0.4, -0.2) is 35.9 Å². The Hall–Kier alpha value is -3.12. The van der Waals surface area contributed by atoms with Gasteiger partial charge in [-0.25, -0.2) is 8.42 Å². The van der Waals surface area contributed by atoms with E-state index in [-0.39, 0.29) is 13.9 Å². The van der Waals surface area contributed by atoms with Gasteiger partial charge in [0.15, 0.2) is 0 Å². The Morgan fingerprint density at radius 2 is 1.19 bits per heavy atom. The fourth-order valence-corrected chi connectivity index (χ4v) is 7.73. The van der Waals surface area contributed by atoms with Crippen molar-refractivity contribution in [1.29, 1.82) is 0 Å². The zero-order valence-corrected chi connectivity index (χ0v) is 20.0. The number of nitrogens with zero attached hydrogens (tertiary/aromatic N) is 4. The predicted molar refractivity (Wildman–Crippen MR) is 116 cm³/mol. The second kappa shape index (κ2) is 7.78. The van der Waals surface area contributed by atoms with Crippen LogP contribution in [0.25, 0.3) is 0 Å². The minimum Gasteiger partial charge on any atom is -0.390 e. The number of hydrogen-bond acceptors (Lipinski definition) is 8. The van der Waals surface area contributed by atoms with E-state index in [4.69, 9.17) is 0 Å². The first-order valence-electron chi connectivity index (χ1n) is 9.45. The summed E-state index contributed by atoms with van der Waals surface area (Å²) in [6.07, 6.45) is 0. The largest absolute Gasteiger partial charge is 0.493 e. The highest BCUT2D eigenvalue weighted by atomic mass is 32.2. The maximum absolute atomic E-state index is 13.5. The normalized spacial score (nSPS) is 12.2. The van der Waals surface area contributed by atoms with Gasteiger partial charge in [-0.15, -0.1) is 0 Å². The van der Waals surface area contributed by atoms with Crippen LogP contribution in [0.1, 0.15) is 33.4 Å². The minimum atomic E-state index is -4.63. The average Bonchev–Trinajstić information content (AvgIpc) is 3.06. The van der Waals surface area contributed by atoms with Crippen molar-refractivity contribution in [3.05, 3.63) is 67.8 Å². The lowest BCUT2D eigenvalue weighted by molar-refractivity contribution is -0.394. The van der Waals surface area contributed by atoms with Crippen LogP contribution >= 0.6 is 0 Å². The van der Waals surface area contributed by atoms with Gasteiger partial charge in [-0.05, 0) is 77.8 Å². The van der Waals surface area contributed by atoms with E-state index in [1.54, 1.807) is 65.8 Å². The molecule has 2 aromatic carbocycles. The molecule has 170 valence electrons. The molecule has 0 fully saturated rings. The lowest BCUT2D eigenvalue weighted by Gasteiger charge is -2.13. The fourth-order valence-electron chi connectivity index (χ4n) is 4.01. The molecular formula is C20H22N4O6S2. The zero-order chi connectivity index (χ0) is 24.2. The summed E-state index contributed by atoms with van der Waals surface area (Å²) in [5, 5.41) is 13.8. The molecule has 0 bridgehead atoms. The molecule has 1 aromatic heterocycles. The number of aryl methyl sites for hydroxylation is 6. The Balaban J connectivity index is 2.40. The molecule has 0 N–H and O–H groups in total. The Bertz CT molecular complexity index is 1340. The first-order valence-corrected chi connectivity index (χ1v) is 12.4. The summed E-state index contributed by atoms with van der Waals surface area (Å²) in [6, 6.07) is 6.48. The highest BCUT2D eigenvalue weighted by Gasteiger charge is 2.41. The number of benzene rings is 2. The summed E-state index contributed by atoms with van der Waals surface area (Å²) in [6.45, 7) is 9.81. The van der Waals surface area contributed by atoms with Gasteiger partial charge >= 0.3 is 11.1 Å². The van der Waals surface area contributed by atoms with Crippen LogP contribution in [0.15, 0.2) is 39.2 Å². The fraction of sp³-hybridized carbons (Fsp3) is 0.300. The van der Waals surface area contributed by atoms with Crippen LogP contribution in [-0.2, 0) is 19.9 Å². The average molecular weight is 479 g/mol. The molecule has 0 aliphatic rings. The Labute approximate surface area is 186 Å². The maximum atomic E-state index is 13.5. The van der Waals surface area contributed by atoms with Gasteiger partial charge in [-0.1, -0.05) is 35.4 Å². The van der Waals surface area contributed by atoms with Crippen LogP contribution in [0.4, 0.5) is 5.95 Å². The van der Waals surface area contributed by atoms with Crippen molar-refractivity contribution in [1.82, 2.24) is 14.2 Å². The SMILES string of the molecule is Cc1cc(C)c(S(=O)(=O)c2nc([N+](=O)[O-])nn2S(=O)(=O)c2c(C)cc(C)cc2C)c(C)c1. The molecule has 0 spiro atoms. The van der Waals surface area contributed by atoms with Crippen molar-refractivity contribution in [3.63, 3.8) is 0 Å². The van der Waals surface area contributed by atoms with E-state index >= 15 is 0 Å². The van der Waals surface area contributed by atoms with Crippen LogP contribution in [0, 0.1) is 51.7 Å². The van der Waals surface area contributed by atoms with Crippen molar-refractivity contribution in [2.45, 2.75) is 56.5 Å². The first-order chi connectivity index (χ1) is 14.7. The Morgan fingerprint density at radius 1 is 0.781 bits per heavy atom. The van der Waals surface area contributed by atoms with E-state index in [1.165, 1.54) is 0 Å². The zero-order valence-electron chi connectivity index (χ0n) is 18.4. The monoisotopic (exact) mass is 478 g/mol. The third-order valence-corrected chi connectivity index (χ3v) is 8.82. The lowest BCUT2D eigenvalue weighted by atomic mass is 10.1. The second-order valence-electron chi connectivity index (χ2n) is 7.76. The Kier molecular flexibility index (Phi) is 5.72. The van der Waals surface area contributed by atoms with Crippen LogP contribution in [0.5, 0.6) is 0 Å². The van der Waals surface area contributed by atoms with Gasteiger partial charge in [-0.2, -0.15) is 8.42 Å². The third kappa shape index (κ3) is 3.79. The van der Waals surface area contributed by atoms with Gasteiger partial charge in [0.05, 0.1) is 9.79 Å². The number of rotatable bonds is 5. The second-order valence-corrected chi connectivity index (χ2v) is 11.2. The van der Waals surface area contributed by atoms with E-state index in [0.717, 1.165) is 11.1 Å². The first kappa shape index (κ1) is 23.5. The number of sulfone groups is 1. The molecule has 0 atom stereocenters. The third-order valence-electron chi connectivity index (χ3n) is 4.91. The maximum Gasteiger partial charge on any atom is 0.493 e. The molecule has 1 heterocycles. The number of nitro groups is 1. The van der Waals surface area contributed by atoms with Crippen molar-refractivity contribution < 1.29 is 21.8 Å². The smallest absolute Gasteiger partial charge is 0.390 e. The minimum absolute atomic E-state index is 0.157. The van der Waals surface area contributed by atoms with Crippen LogP contribution in [0.2, 0.25) is 0 Å². The quantitative estimate of drug-likeness (QED) is 0.402. The molecule has 12 heteroatoms. The van der Waals surface area contributed by atoms with Crippen molar-refractivity contribution in [2.24, 2.45) is 0 Å². The molecule has 3 aromatic rings. The summed E-state index contributed by atoms with van der Waals surface area (Å²) < 4.78 is 54.3. The van der Waals surface area contributed by atoms with Gasteiger partial charge < -0.3 is 10.1 Å². The molecule has 0 saturated heterocycles. The lowest BCUT2D eigenvalue weighted by Crippen LogP contribution is -2.23. The van der Waals surface area contributed by atoms with Gasteiger partial charge in [0.1, 0.15) is 0 Å². The molecule has 0 aliphatic heterocycles. The Morgan fingerprint density at radius 3 is 1.59 bits per heavy atom. The summed E-state index contributed by atoms with van der Waals surface area (Å²) >= 11 is 0. The predicted octanol–water partition coefficient (Wildman–Crippen LogP) is 3.11. The summed E-state index contributed by atoms with van der Waals surface area (Å²) in [4.78, 5) is 13.5. The van der Waals surface area contributed by atoms with Gasteiger partial charge in [-0.3, -0.25) is 0 Å². The highest BCUT2D eigenvalue weighted by molar-refractivity contribution is 7.93. The van der Waals surface area contributed by atoms with Crippen LogP contribution in [0.3, 0.4) is 0 Å². The van der Waals surface area contributed by atoms with E-state index in [9.17, 15) is 26.9 Å². The molecule has 0 unspecified atom stereocenters. The highest BCUT2D eigenvalue weighted by Crippen LogP contribution is 2.31. The van der Waals surface area contributed by atoms with Gasteiger partial charge in [0.2, 0.25) is 0 Å². The number of aromatic nitrogens is 3. The molecule has 3 rings (SSSR count). The molecule has 32 heavy (non-hydrogen) atoms. The van der Waals surface area contributed by atoms with Crippen molar-refractivity contribution in [2.75, 3.05) is 0 Å². The van der Waals surface area contributed by atoms with E-state index < -0.39 is 35.9 Å². The number of hydrogen-bond donors (Lipinski definition) is 0. The van der Waals surface area contributed by atoms with E-state index in [0.29, 0.717) is 22.3 Å². The summed E-state index contributed by atoms with van der Waals surface area (Å²) in [5.41, 5.74) is 3.05. The molecule has 10 nitrogen and oxygen atoms in total. The van der Waals surface area contributed by atoms with Crippen LogP contribution < -0.4 is 0 Å². The van der Waals surface area contributed by atoms with Crippen molar-refractivity contribution >= 4 is 25.8 Å². The summed E-state index contributed by atoms with van der Waals surface area (Å²) in [5.74, 6) is -1.13. The molecule has 0 amide bonds. The van der Waals surface area contributed by atoms with Gasteiger partial charge in [0.25, 0.3) is 19.9 Å². The molecule has 0 saturated carbocycles.